The summed E-state index contributed by atoms with van der Waals surface area (Å²) in [6.45, 7) is 6.89. The zero-order valence-corrected chi connectivity index (χ0v) is 13.4. The molecule has 0 spiro atoms. The Balaban J connectivity index is 2.01. The third-order valence-electron chi connectivity index (χ3n) is 3.78. The van der Waals surface area contributed by atoms with E-state index in [2.05, 4.69) is 6.07 Å². The van der Waals surface area contributed by atoms with E-state index in [4.69, 9.17) is 10.5 Å². The molecule has 22 heavy (non-hydrogen) atoms. The predicted octanol–water partition coefficient (Wildman–Crippen LogP) is 3.25. The van der Waals surface area contributed by atoms with E-state index in [9.17, 15) is 10.1 Å². The number of carbonyl (C=O) groups excluding carboxylic acids is 1. The number of hydrogen-bond acceptors (Lipinski definition) is 4. The Kier molecular flexibility index (Phi) is 4.60. The van der Waals surface area contributed by atoms with Gasteiger partial charge in [0.15, 0.2) is 0 Å². The number of nitriles is 1. The van der Waals surface area contributed by atoms with Gasteiger partial charge in [0.1, 0.15) is 5.60 Å². The lowest BCUT2D eigenvalue weighted by molar-refractivity contribution is 0.0205. The van der Waals surface area contributed by atoms with Crippen LogP contribution in [0.25, 0.3) is 0 Å². The number of rotatable bonds is 1. The van der Waals surface area contributed by atoms with Gasteiger partial charge in [-0.3, -0.25) is 0 Å². The van der Waals surface area contributed by atoms with Crippen molar-refractivity contribution in [1.82, 2.24) is 4.90 Å². The normalized spacial score (nSPS) is 16.2. The number of nitrogens with zero attached hydrogens (tertiary/aromatic N) is 2. The van der Waals surface area contributed by atoms with Crippen LogP contribution in [0.5, 0.6) is 0 Å². The highest BCUT2D eigenvalue weighted by molar-refractivity contribution is 5.68. The highest BCUT2D eigenvalue weighted by atomic mass is 16.6. The summed E-state index contributed by atoms with van der Waals surface area (Å²) in [5, 5.41) is 9.25. The maximum Gasteiger partial charge on any atom is 0.410 e. The van der Waals surface area contributed by atoms with E-state index in [1.165, 1.54) is 0 Å². The Labute approximate surface area is 131 Å². The fourth-order valence-electron chi connectivity index (χ4n) is 2.73. The van der Waals surface area contributed by atoms with Gasteiger partial charge in [-0.2, -0.15) is 5.26 Å². The molecule has 0 unspecified atom stereocenters. The first kappa shape index (κ1) is 16.2. The fourth-order valence-corrected chi connectivity index (χ4v) is 2.73. The number of ether oxygens (including phenoxy) is 1. The van der Waals surface area contributed by atoms with Crippen molar-refractivity contribution < 1.29 is 9.53 Å². The molecule has 0 bridgehead atoms. The van der Waals surface area contributed by atoms with Gasteiger partial charge in [-0.05, 0) is 57.2 Å². The molecule has 1 amide bonds. The topological polar surface area (TPSA) is 79.3 Å². The lowest BCUT2D eigenvalue weighted by atomic mass is 9.86. The predicted molar refractivity (Wildman–Crippen MR) is 85.4 cm³/mol. The molecule has 118 valence electrons. The molecule has 5 nitrogen and oxygen atoms in total. The maximum absolute atomic E-state index is 12.1. The fraction of sp³-hybridized carbons (Fsp3) is 0.529. The van der Waals surface area contributed by atoms with Crippen LogP contribution in [0, 0.1) is 11.3 Å². The van der Waals surface area contributed by atoms with Crippen LogP contribution in [0.4, 0.5) is 10.5 Å². The summed E-state index contributed by atoms with van der Waals surface area (Å²) in [7, 11) is 0. The van der Waals surface area contributed by atoms with E-state index in [-0.39, 0.29) is 12.0 Å². The Hall–Kier alpha value is -2.22. The van der Waals surface area contributed by atoms with Crippen molar-refractivity contribution in [2.45, 2.75) is 45.1 Å². The van der Waals surface area contributed by atoms with Gasteiger partial charge >= 0.3 is 6.09 Å². The SMILES string of the molecule is CC(C)(C)OC(=O)N1CCC(c2ccc(N)cc2C#N)CC1. The summed E-state index contributed by atoms with van der Waals surface area (Å²) in [6.07, 6.45) is 1.40. The van der Waals surface area contributed by atoms with Crippen molar-refractivity contribution in [1.29, 1.82) is 5.26 Å². The number of amides is 1. The zero-order valence-electron chi connectivity index (χ0n) is 13.4. The first-order chi connectivity index (χ1) is 10.3. The molecular formula is C17H23N3O2. The summed E-state index contributed by atoms with van der Waals surface area (Å²) in [6, 6.07) is 7.69. The second-order valence-corrected chi connectivity index (χ2v) is 6.70. The average Bonchev–Trinajstić information content (AvgIpc) is 2.45. The number of anilines is 1. The molecule has 5 heteroatoms. The molecule has 2 N–H and O–H groups in total. The molecule has 0 aliphatic carbocycles. The standard InChI is InChI=1S/C17H23N3O2/c1-17(2,3)22-16(21)20-8-6-12(7-9-20)15-5-4-14(19)10-13(15)11-18/h4-5,10,12H,6-9,19H2,1-3H3. The Bertz CT molecular complexity index is 591. The molecule has 0 atom stereocenters. The van der Waals surface area contributed by atoms with Gasteiger partial charge in [0.2, 0.25) is 0 Å². The van der Waals surface area contributed by atoms with Gasteiger partial charge in [-0.25, -0.2) is 4.79 Å². The van der Waals surface area contributed by atoms with Crippen molar-refractivity contribution in [2.24, 2.45) is 0 Å². The molecular weight excluding hydrogens is 278 g/mol. The molecule has 1 saturated heterocycles. The summed E-state index contributed by atoms with van der Waals surface area (Å²) in [5.74, 6) is 0.286. The first-order valence-electron chi connectivity index (χ1n) is 7.57. The smallest absolute Gasteiger partial charge is 0.410 e. The zero-order chi connectivity index (χ0) is 16.3. The van der Waals surface area contributed by atoms with E-state index < -0.39 is 5.60 Å². The number of hydrogen-bond donors (Lipinski definition) is 1. The van der Waals surface area contributed by atoms with Gasteiger partial charge in [-0.1, -0.05) is 6.07 Å². The van der Waals surface area contributed by atoms with E-state index in [1.54, 1.807) is 11.0 Å². The molecule has 1 aliphatic rings. The average molecular weight is 301 g/mol. The minimum atomic E-state index is -0.473. The summed E-state index contributed by atoms with van der Waals surface area (Å²) in [4.78, 5) is 13.8. The third kappa shape index (κ3) is 3.91. The van der Waals surface area contributed by atoms with Gasteiger partial charge < -0.3 is 15.4 Å². The van der Waals surface area contributed by atoms with Gasteiger partial charge in [0, 0.05) is 18.8 Å². The molecule has 1 aromatic carbocycles. The van der Waals surface area contributed by atoms with Gasteiger partial charge in [-0.15, -0.1) is 0 Å². The Morgan fingerprint density at radius 3 is 2.55 bits per heavy atom. The van der Waals surface area contributed by atoms with Crippen LogP contribution in [0.1, 0.15) is 50.7 Å². The van der Waals surface area contributed by atoms with Gasteiger partial charge in [0.05, 0.1) is 11.6 Å². The molecule has 0 radical (unpaired) electrons. The van der Waals surface area contributed by atoms with Crippen LogP contribution < -0.4 is 5.73 Å². The largest absolute Gasteiger partial charge is 0.444 e. The molecule has 0 saturated carbocycles. The molecule has 2 rings (SSSR count). The number of benzene rings is 1. The van der Waals surface area contributed by atoms with Crippen LogP contribution in [-0.2, 0) is 4.74 Å². The first-order valence-corrected chi connectivity index (χ1v) is 7.57. The molecule has 1 heterocycles. The van der Waals surface area contributed by atoms with E-state index >= 15 is 0 Å². The number of piperidine rings is 1. The van der Waals surface area contributed by atoms with Crippen LogP contribution >= 0.6 is 0 Å². The van der Waals surface area contributed by atoms with E-state index in [1.807, 2.05) is 32.9 Å². The van der Waals surface area contributed by atoms with E-state index in [0.717, 1.165) is 18.4 Å². The quantitative estimate of drug-likeness (QED) is 0.807. The lowest BCUT2D eigenvalue weighted by Crippen LogP contribution is -2.41. The summed E-state index contributed by atoms with van der Waals surface area (Å²) < 4.78 is 5.40. The monoisotopic (exact) mass is 301 g/mol. The molecule has 1 fully saturated rings. The number of carbonyl (C=O) groups is 1. The maximum atomic E-state index is 12.1. The second kappa shape index (κ2) is 6.27. The van der Waals surface area contributed by atoms with Crippen LogP contribution in [0.3, 0.4) is 0 Å². The Morgan fingerprint density at radius 1 is 1.36 bits per heavy atom. The highest BCUT2D eigenvalue weighted by Crippen LogP contribution is 2.31. The number of nitrogen functional groups attached to an aromatic ring is 1. The molecule has 0 aromatic heterocycles. The number of likely N-dealkylation sites (tertiary alicyclic amines) is 1. The van der Waals surface area contributed by atoms with Crippen LogP contribution in [0.2, 0.25) is 0 Å². The highest BCUT2D eigenvalue weighted by Gasteiger charge is 2.28. The van der Waals surface area contributed by atoms with Crippen LogP contribution in [-0.4, -0.2) is 29.7 Å². The Morgan fingerprint density at radius 2 is 2.00 bits per heavy atom. The minimum Gasteiger partial charge on any atom is -0.444 e. The summed E-state index contributed by atoms with van der Waals surface area (Å²) in [5.41, 5.74) is 7.53. The van der Waals surface area contributed by atoms with Crippen molar-refractivity contribution >= 4 is 11.8 Å². The second-order valence-electron chi connectivity index (χ2n) is 6.70. The van der Waals surface area contributed by atoms with Crippen LogP contribution in [0.15, 0.2) is 18.2 Å². The minimum absolute atomic E-state index is 0.260. The molecule has 1 aromatic rings. The van der Waals surface area contributed by atoms with Crippen molar-refractivity contribution in [2.75, 3.05) is 18.8 Å². The lowest BCUT2D eigenvalue weighted by Gasteiger charge is -2.33. The van der Waals surface area contributed by atoms with Gasteiger partial charge in [0.25, 0.3) is 0 Å². The van der Waals surface area contributed by atoms with Crippen molar-refractivity contribution in [3.05, 3.63) is 29.3 Å². The van der Waals surface area contributed by atoms with Crippen molar-refractivity contribution in [3.8, 4) is 6.07 Å². The molecule has 1 aliphatic heterocycles. The summed E-state index contributed by atoms with van der Waals surface area (Å²) >= 11 is 0. The number of nitrogens with two attached hydrogens (primary N) is 1. The third-order valence-corrected chi connectivity index (χ3v) is 3.78. The van der Waals surface area contributed by atoms with Crippen molar-refractivity contribution in [3.63, 3.8) is 0 Å². The van der Waals surface area contributed by atoms with E-state index in [0.29, 0.717) is 24.3 Å².